The average molecular weight is 413 g/mol. The lowest BCUT2D eigenvalue weighted by Gasteiger charge is -2.61. The summed E-state index contributed by atoms with van der Waals surface area (Å²) in [4.78, 5) is 0. The molecule has 0 saturated heterocycles. The molecule has 0 aliphatic heterocycles. The Morgan fingerprint density at radius 3 is 2.43 bits per heavy atom. The molecule has 4 aliphatic carbocycles. The monoisotopic (exact) mass is 412 g/mol. The van der Waals surface area contributed by atoms with Gasteiger partial charge < -0.3 is 5.11 Å². The van der Waals surface area contributed by atoms with Crippen LogP contribution in [0.1, 0.15) is 90.0 Å². The minimum atomic E-state index is -0.127. The maximum Gasteiger partial charge on any atom is 0.123 e. The number of fused-ring (bicyclic) bond motifs is 5. The van der Waals surface area contributed by atoms with Crippen LogP contribution in [0.2, 0.25) is 0 Å². The van der Waals surface area contributed by atoms with E-state index < -0.39 is 0 Å². The van der Waals surface area contributed by atoms with Crippen LogP contribution in [0.5, 0.6) is 0 Å². The smallest absolute Gasteiger partial charge is 0.123 e. The van der Waals surface area contributed by atoms with E-state index in [0.29, 0.717) is 10.8 Å². The van der Waals surface area contributed by atoms with Crippen LogP contribution in [-0.4, -0.2) is 11.2 Å². The van der Waals surface area contributed by atoms with Gasteiger partial charge in [0.1, 0.15) is 5.82 Å². The summed E-state index contributed by atoms with van der Waals surface area (Å²) in [7, 11) is 0. The van der Waals surface area contributed by atoms with E-state index in [0.717, 1.165) is 48.9 Å². The van der Waals surface area contributed by atoms with E-state index in [-0.39, 0.29) is 11.9 Å². The van der Waals surface area contributed by atoms with Gasteiger partial charge in [-0.25, -0.2) is 4.39 Å². The van der Waals surface area contributed by atoms with E-state index in [9.17, 15) is 9.50 Å². The molecule has 1 N–H and O–H groups in total. The molecular formula is C28H41FO. The number of aliphatic hydroxyl groups excluding tert-OH is 1. The van der Waals surface area contributed by atoms with Crippen molar-refractivity contribution in [3.63, 3.8) is 0 Å². The highest BCUT2D eigenvalue weighted by Gasteiger charge is 2.59. The van der Waals surface area contributed by atoms with Gasteiger partial charge in [0.05, 0.1) is 6.10 Å². The predicted octanol–water partition coefficient (Wildman–Crippen LogP) is 7.17. The van der Waals surface area contributed by atoms with E-state index in [1.165, 1.54) is 63.4 Å². The topological polar surface area (TPSA) is 20.2 Å². The van der Waals surface area contributed by atoms with E-state index in [4.69, 9.17) is 0 Å². The molecule has 0 amide bonds. The summed E-state index contributed by atoms with van der Waals surface area (Å²) in [5, 5.41) is 10.2. The van der Waals surface area contributed by atoms with Crippen molar-refractivity contribution in [2.75, 3.05) is 0 Å². The molecule has 0 radical (unpaired) electrons. The highest BCUT2D eigenvalue weighted by molar-refractivity contribution is 5.16. The van der Waals surface area contributed by atoms with Crippen molar-refractivity contribution in [2.24, 2.45) is 40.4 Å². The third-order valence-electron chi connectivity index (χ3n) is 10.8. The van der Waals surface area contributed by atoms with Gasteiger partial charge >= 0.3 is 0 Å². The number of halogens is 1. The van der Waals surface area contributed by atoms with Crippen molar-refractivity contribution in [1.29, 1.82) is 0 Å². The lowest BCUT2D eigenvalue weighted by molar-refractivity contribution is -0.126. The van der Waals surface area contributed by atoms with Gasteiger partial charge in [-0.1, -0.05) is 26.0 Å². The van der Waals surface area contributed by atoms with Crippen molar-refractivity contribution in [2.45, 2.75) is 97.0 Å². The molecule has 0 spiro atoms. The molecule has 1 nitrogen and oxygen atoms in total. The van der Waals surface area contributed by atoms with Gasteiger partial charge in [0.25, 0.3) is 0 Å². The zero-order valence-electron chi connectivity index (χ0n) is 19.1. The SMILES string of the molecule is CC12CCC3[C@@H](CCC4CC(O)CC[C@@]43C)C1CCC2CCCc1ccc(F)cc1. The third-order valence-corrected chi connectivity index (χ3v) is 10.8. The number of rotatable bonds is 4. The summed E-state index contributed by atoms with van der Waals surface area (Å²) in [6, 6.07) is 7.12. The fourth-order valence-corrected chi connectivity index (χ4v) is 9.02. The van der Waals surface area contributed by atoms with Crippen molar-refractivity contribution in [3.05, 3.63) is 35.6 Å². The van der Waals surface area contributed by atoms with Crippen molar-refractivity contribution < 1.29 is 9.50 Å². The number of aryl methyl sites for hydroxylation is 1. The number of hydrogen-bond acceptors (Lipinski definition) is 1. The maximum atomic E-state index is 13.2. The van der Waals surface area contributed by atoms with E-state index >= 15 is 0 Å². The van der Waals surface area contributed by atoms with Gasteiger partial charge in [0, 0.05) is 0 Å². The summed E-state index contributed by atoms with van der Waals surface area (Å²) >= 11 is 0. The second kappa shape index (κ2) is 7.91. The molecule has 0 bridgehead atoms. The molecule has 4 fully saturated rings. The van der Waals surface area contributed by atoms with E-state index in [2.05, 4.69) is 13.8 Å². The molecule has 0 heterocycles. The molecule has 8 atom stereocenters. The molecular weight excluding hydrogens is 371 g/mol. The Kier molecular flexibility index (Phi) is 5.53. The lowest BCUT2D eigenvalue weighted by Crippen LogP contribution is -2.53. The van der Waals surface area contributed by atoms with Crippen LogP contribution in [0, 0.1) is 46.2 Å². The summed E-state index contributed by atoms with van der Waals surface area (Å²) in [6.45, 7) is 5.24. The number of aliphatic hydroxyl groups is 1. The van der Waals surface area contributed by atoms with Gasteiger partial charge in [0.2, 0.25) is 0 Å². The normalized spacial score (nSPS) is 45.5. The lowest BCUT2D eigenvalue weighted by atomic mass is 9.44. The van der Waals surface area contributed by atoms with Crippen LogP contribution >= 0.6 is 0 Å². The van der Waals surface area contributed by atoms with Crippen molar-refractivity contribution in [1.82, 2.24) is 0 Å². The largest absolute Gasteiger partial charge is 0.393 e. The molecule has 2 heteroatoms. The second-order valence-corrected chi connectivity index (χ2v) is 11.9. The van der Waals surface area contributed by atoms with Crippen LogP contribution in [0.25, 0.3) is 0 Å². The van der Waals surface area contributed by atoms with Gasteiger partial charge in [-0.3, -0.25) is 0 Å². The predicted molar refractivity (Wildman–Crippen MR) is 121 cm³/mol. The zero-order chi connectivity index (χ0) is 20.9. The minimum absolute atomic E-state index is 0.0366. The molecule has 30 heavy (non-hydrogen) atoms. The van der Waals surface area contributed by atoms with Crippen molar-refractivity contribution in [3.8, 4) is 0 Å². The van der Waals surface area contributed by atoms with Crippen LogP contribution in [0.15, 0.2) is 24.3 Å². The van der Waals surface area contributed by atoms with Gasteiger partial charge in [-0.2, -0.15) is 0 Å². The Balaban J connectivity index is 1.24. The summed E-state index contributed by atoms with van der Waals surface area (Å²) in [5.41, 5.74) is 2.32. The first-order valence-corrected chi connectivity index (χ1v) is 12.8. The first-order valence-electron chi connectivity index (χ1n) is 12.8. The van der Waals surface area contributed by atoms with Gasteiger partial charge in [-0.15, -0.1) is 0 Å². The molecule has 6 unspecified atom stereocenters. The minimum Gasteiger partial charge on any atom is -0.393 e. The van der Waals surface area contributed by atoms with Gasteiger partial charge in [-0.05, 0) is 135 Å². The summed E-state index contributed by atoms with van der Waals surface area (Å²) < 4.78 is 13.2. The highest BCUT2D eigenvalue weighted by Crippen LogP contribution is 2.67. The highest BCUT2D eigenvalue weighted by atomic mass is 19.1. The first kappa shape index (κ1) is 21.0. The second-order valence-electron chi connectivity index (χ2n) is 11.9. The Morgan fingerprint density at radius 1 is 0.900 bits per heavy atom. The molecule has 4 aliphatic rings. The van der Waals surface area contributed by atoms with Crippen LogP contribution in [-0.2, 0) is 6.42 Å². The Morgan fingerprint density at radius 2 is 1.63 bits per heavy atom. The molecule has 1 aromatic rings. The fourth-order valence-electron chi connectivity index (χ4n) is 9.02. The van der Waals surface area contributed by atoms with Crippen LogP contribution in [0.4, 0.5) is 4.39 Å². The zero-order valence-corrected chi connectivity index (χ0v) is 19.1. The maximum absolute atomic E-state index is 13.2. The number of hydrogen-bond donors (Lipinski definition) is 1. The third kappa shape index (κ3) is 3.46. The van der Waals surface area contributed by atoms with E-state index in [1.54, 1.807) is 12.1 Å². The Bertz CT molecular complexity index is 744. The Labute approximate surface area is 182 Å². The molecule has 166 valence electrons. The molecule has 4 saturated carbocycles. The Hall–Kier alpha value is -0.890. The fraction of sp³-hybridized carbons (Fsp3) is 0.786. The quantitative estimate of drug-likeness (QED) is 0.556. The number of benzene rings is 1. The summed E-state index contributed by atoms with van der Waals surface area (Å²) in [5.74, 6) is 4.28. The molecule has 5 rings (SSSR count). The van der Waals surface area contributed by atoms with Crippen LogP contribution < -0.4 is 0 Å². The van der Waals surface area contributed by atoms with Crippen molar-refractivity contribution >= 4 is 0 Å². The van der Waals surface area contributed by atoms with Crippen LogP contribution in [0.3, 0.4) is 0 Å². The van der Waals surface area contributed by atoms with E-state index in [1.807, 2.05) is 12.1 Å². The molecule has 1 aromatic carbocycles. The first-order chi connectivity index (χ1) is 14.4. The average Bonchev–Trinajstić information content (AvgIpc) is 3.06. The van der Waals surface area contributed by atoms with Gasteiger partial charge in [0.15, 0.2) is 0 Å². The standard InChI is InChI=1S/C28H41FO/c1-27-17-15-26-24(12-8-21-18-23(30)14-16-28(21,26)2)25(27)13-9-20(27)5-3-4-19-6-10-22(29)11-7-19/h6-7,10-11,20-21,23-26,30H,3-5,8-9,12-18H2,1-2H3/t20?,21?,23?,24-,25?,26?,27?,28-/m0/s1. The molecule has 0 aromatic heterocycles. The summed E-state index contributed by atoms with van der Waals surface area (Å²) in [6.07, 6.45) is 15.5.